The Morgan fingerprint density at radius 1 is 1.12 bits per heavy atom. The van der Waals surface area contributed by atoms with E-state index < -0.39 is 0 Å². The van der Waals surface area contributed by atoms with Crippen molar-refractivity contribution in [3.05, 3.63) is 62.7 Å². The van der Waals surface area contributed by atoms with E-state index >= 15 is 0 Å². The number of aromatic hydroxyl groups is 1. The molecular weight excluding hydrogens is 327 g/mol. The van der Waals surface area contributed by atoms with Crippen LogP contribution in [-0.2, 0) is 0 Å². The number of phenols is 1. The van der Waals surface area contributed by atoms with Gasteiger partial charge in [0, 0.05) is 9.13 Å². The Morgan fingerprint density at radius 3 is 2.53 bits per heavy atom. The molecule has 17 heavy (non-hydrogen) atoms. The maximum absolute atomic E-state index is 12.3. The summed E-state index contributed by atoms with van der Waals surface area (Å²) in [7, 11) is 0. The Balaban J connectivity index is 2.51. The number of rotatable bonds is 2. The maximum Gasteiger partial charge on any atom is 0.197 e. The van der Waals surface area contributed by atoms with Gasteiger partial charge >= 0.3 is 0 Å². The SMILES string of the molecule is Cc1ccc(O)c(C(=O)c2ccccc2I)c1. The van der Waals surface area contributed by atoms with Gasteiger partial charge in [-0.2, -0.15) is 0 Å². The van der Waals surface area contributed by atoms with E-state index in [1.165, 1.54) is 0 Å². The molecule has 86 valence electrons. The van der Waals surface area contributed by atoms with Crippen LogP contribution < -0.4 is 0 Å². The predicted molar refractivity (Wildman–Crippen MR) is 75.4 cm³/mol. The molecule has 1 N–H and O–H groups in total. The van der Waals surface area contributed by atoms with Crippen LogP contribution >= 0.6 is 22.6 Å². The quantitative estimate of drug-likeness (QED) is 0.672. The summed E-state index contributed by atoms with van der Waals surface area (Å²) in [5, 5.41) is 9.73. The van der Waals surface area contributed by atoms with Gasteiger partial charge in [0.25, 0.3) is 0 Å². The summed E-state index contributed by atoms with van der Waals surface area (Å²) in [5.74, 6) is -0.114. The summed E-state index contributed by atoms with van der Waals surface area (Å²) in [4.78, 5) is 12.3. The van der Waals surface area contributed by atoms with Gasteiger partial charge in [-0.05, 0) is 53.8 Å². The van der Waals surface area contributed by atoms with E-state index in [1.807, 2.05) is 25.1 Å². The molecule has 0 radical (unpaired) electrons. The maximum atomic E-state index is 12.3. The zero-order chi connectivity index (χ0) is 12.4. The molecule has 0 atom stereocenters. The number of carbonyl (C=O) groups excluding carboxylic acids is 1. The normalized spacial score (nSPS) is 10.2. The van der Waals surface area contributed by atoms with Crippen molar-refractivity contribution in [1.29, 1.82) is 0 Å². The topological polar surface area (TPSA) is 37.3 Å². The molecule has 0 aromatic heterocycles. The van der Waals surface area contributed by atoms with Crippen molar-refractivity contribution in [3.63, 3.8) is 0 Å². The molecule has 2 rings (SSSR count). The first-order valence-corrected chi connectivity index (χ1v) is 6.26. The Labute approximate surface area is 113 Å². The molecule has 0 bridgehead atoms. The molecule has 0 spiro atoms. The van der Waals surface area contributed by atoms with Gasteiger partial charge in [0.05, 0.1) is 5.56 Å². The number of hydrogen-bond donors (Lipinski definition) is 1. The summed E-state index contributed by atoms with van der Waals surface area (Å²) in [6, 6.07) is 12.4. The van der Waals surface area contributed by atoms with Crippen LogP contribution in [0.1, 0.15) is 21.5 Å². The Morgan fingerprint density at radius 2 is 1.82 bits per heavy atom. The number of benzene rings is 2. The molecule has 0 heterocycles. The third-order valence-electron chi connectivity index (χ3n) is 2.52. The van der Waals surface area contributed by atoms with Gasteiger partial charge in [-0.1, -0.05) is 23.8 Å². The van der Waals surface area contributed by atoms with Gasteiger partial charge in [0.1, 0.15) is 5.75 Å². The molecule has 0 aliphatic rings. The van der Waals surface area contributed by atoms with Crippen molar-refractivity contribution in [3.8, 4) is 5.75 Å². The predicted octanol–water partition coefficient (Wildman–Crippen LogP) is 3.54. The van der Waals surface area contributed by atoms with Crippen LogP contribution in [0.4, 0.5) is 0 Å². The molecule has 0 saturated carbocycles. The number of phenolic OH excluding ortho intramolecular Hbond substituents is 1. The monoisotopic (exact) mass is 338 g/mol. The van der Waals surface area contributed by atoms with Gasteiger partial charge in [-0.25, -0.2) is 0 Å². The van der Waals surface area contributed by atoms with Crippen molar-refractivity contribution in [2.45, 2.75) is 6.92 Å². The molecule has 0 amide bonds. The summed E-state index contributed by atoms with van der Waals surface area (Å²) in [5.41, 5.74) is 1.93. The van der Waals surface area contributed by atoms with E-state index in [1.54, 1.807) is 24.3 Å². The highest BCUT2D eigenvalue weighted by Crippen LogP contribution is 2.23. The lowest BCUT2D eigenvalue weighted by Gasteiger charge is -2.06. The van der Waals surface area contributed by atoms with Crippen molar-refractivity contribution in [1.82, 2.24) is 0 Å². The Kier molecular flexibility index (Phi) is 3.47. The van der Waals surface area contributed by atoms with Gasteiger partial charge in [0.15, 0.2) is 5.78 Å². The highest BCUT2D eigenvalue weighted by molar-refractivity contribution is 14.1. The lowest BCUT2D eigenvalue weighted by molar-refractivity contribution is 0.103. The first-order valence-electron chi connectivity index (χ1n) is 5.18. The smallest absolute Gasteiger partial charge is 0.197 e. The lowest BCUT2D eigenvalue weighted by Crippen LogP contribution is -2.04. The van der Waals surface area contributed by atoms with Crippen molar-refractivity contribution in [2.24, 2.45) is 0 Å². The highest BCUT2D eigenvalue weighted by Gasteiger charge is 2.15. The first kappa shape index (κ1) is 12.1. The number of aryl methyl sites for hydroxylation is 1. The minimum atomic E-state index is -0.142. The molecule has 2 aromatic rings. The molecule has 0 aliphatic heterocycles. The summed E-state index contributed by atoms with van der Waals surface area (Å²) < 4.78 is 0.885. The molecule has 0 unspecified atom stereocenters. The van der Waals surface area contributed by atoms with Crippen LogP contribution in [0.25, 0.3) is 0 Å². The average Bonchev–Trinajstić information content (AvgIpc) is 2.32. The zero-order valence-corrected chi connectivity index (χ0v) is 11.4. The largest absolute Gasteiger partial charge is 0.507 e. The fourth-order valence-electron chi connectivity index (χ4n) is 1.62. The van der Waals surface area contributed by atoms with Crippen molar-refractivity contribution in [2.75, 3.05) is 0 Å². The molecule has 2 aromatic carbocycles. The van der Waals surface area contributed by atoms with E-state index in [2.05, 4.69) is 22.6 Å². The molecule has 0 saturated heterocycles. The average molecular weight is 338 g/mol. The van der Waals surface area contributed by atoms with E-state index in [0.29, 0.717) is 11.1 Å². The van der Waals surface area contributed by atoms with Gasteiger partial charge < -0.3 is 5.11 Å². The van der Waals surface area contributed by atoms with Gasteiger partial charge in [0.2, 0.25) is 0 Å². The third-order valence-corrected chi connectivity index (χ3v) is 3.46. The van der Waals surface area contributed by atoms with Gasteiger partial charge in [-0.15, -0.1) is 0 Å². The Bertz CT molecular complexity index is 576. The van der Waals surface area contributed by atoms with Crippen LogP contribution in [0, 0.1) is 10.5 Å². The van der Waals surface area contributed by atoms with Crippen molar-refractivity contribution < 1.29 is 9.90 Å². The summed E-state index contributed by atoms with van der Waals surface area (Å²) >= 11 is 2.12. The zero-order valence-electron chi connectivity index (χ0n) is 9.27. The van der Waals surface area contributed by atoms with E-state index in [4.69, 9.17) is 0 Å². The first-order chi connectivity index (χ1) is 8.09. The fourth-order valence-corrected chi connectivity index (χ4v) is 2.25. The molecule has 0 aliphatic carbocycles. The summed E-state index contributed by atoms with van der Waals surface area (Å²) in [6.07, 6.45) is 0. The van der Waals surface area contributed by atoms with Crippen LogP contribution in [-0.4, -0.2) is 10.9 Å². The van der Waals surface area contributed by atoms with E-state index in [9.17, 15) is 9.90 Å². The highest BCUT2D eigenvalue weighted by atomic mass is 127. The second kappa shape index (κ2) is 4.87. The van der Waals surface area contributed by atoms with E-state index in [-0.39, 0.29) is 11.5 Å². The third kappa shape index (κ3) is 2.49. The minimum Gasteiger partial charge on any atom is -0.507 e. The number of halogens is 1. The number of hydrogen-bond acceptors (Lipinski definition) is 2. The summed E-state index contributed by atoms with van der Waals surface area (Å²) in [6.45, 7) is 1.90. The second-order valence-electron chi connectivity index (χ2n) is 3.83. The van der Waals surface area contributed by atoms with Crippen LogP contribution in [0.15, 0.2) is 42.5 Å². The fraction of sp³-hybridized carbons (Fsp3) is 0.0714. The molecular formula is C14H11IO2. The Hall–Kier alpha value is -1.36. The van der Waals surface area contributed by atoms with Crippen LogP contribution in [0.3, 0.4) is 0 Å². The molecule has 0 fully saturated rings. The number of carbonyl (C=O) groups is 1. The van der Waals surface area contributed by atoms with Gasteiger partial charge in [-0.3, -0.25) is 4.79 Å². The number of ketones is 1. The minimum absolute atomic E-state index is 0.0280. The molecule has 3 heteroatoms. The second-order valence-corrected chi connectivity index (χ2v) is 4.99. The lowest BCUT2D eigenvalue weighted by atomic mass is 10.0. The van der Waals surface area contributed by atoms with Crippen molar-refractivity contribution >= 4 is 28.4 Å². The van der Waals surface area contributed by atoms with E-state index in [0.717, 1.165) is 9.13 Å². The standard InChI is InChI=1S/C14H11IO2/c1-9-6-7-13(16)11(8-9)14(17)10-4-2-3-5-12(10)15/h2-8,16H,1H3. The van der Waals surface area contributed by atoms with Crippen LogP contribution in [0.5, 0.6) is 5.75 Å². The van der Waals surface area contributed by atoms with Crippen LogP contribution in [0.2, 0.25) is 0 Å². The molecule has 2 nitrogen and oxygen atoms in total.